The quantitative estimate of drug-likeness (QED) is 0.411. The second-order valence-corrected chi connectivity index (χ2v) is 11.5. The van der Waals surface area contributed by atoms with Crippen LogP contribution in [0.15, 0.2) is 40.6 Å². The van der Waals surface area contributed by atoms with Gasteiger partial charge in [-0.3, -0.25) is 9.88 Å². The SMILES string of the molecule is Cc1ccnc(C(C)C)c1N1C(=C=O)C=C(N2CCN(C(=O)OC(C)(C)C)CC2)c2cc(F)c(Br)cc21. The highest BCUT2D eigenvalue weighted by Gasteiger charge is 2.34. The molecule has 0 spiro atoms. The van der Waals surface area contributed by atoms with Crippen molar-refractivity contribution in [3.05, 3.63) is 63.3 Å². The topological polar surface area (TPSA) is 66.0 Å². The normalized spacial score (nSPS) is 16.0. The van der Waals surface area contributed by atoms with Crippen molar-refractivity contribution < 1.29 is 18.7 Å². The Morgan fingerprint density at radius 1 is 1.19 bits per heavy atom. The zero-order valence-corrected chi connectivity index (χ0v) is 23.6. The fourth-order valence-corrected chi connectivity index (χ4v) is 4.98. The van der Waals surface area contributed by atoms with Crippen LogP contribution in [0.1, 0.15) is 57.4 Å². The molecule has 0 radical (unpaired) electrons. The van der Waals surface area contributed by atoms with Gasteiger partial charge in [-0.25, -0.2) is 14.0 Å². The van der Waals surface area contributed by atoms with Crippen LogP contribution in [0.4, 0.5) is 20.6 Å². The van der Waals surface area contributed by atoms with Crippen molar-refractivity contribution in [1.82, 2.24) is 14.8 Å². The lowest BCUT2D eigenvalue weighted by Gasteiger charge is -2.41. The molecule has 1 fully saturated rings. The van der Waals surface area contributed by atoms with Gasteiger partial charge in [0.15, 0.2) is 5.94 Å². The highest BCUT2D eigenvalue weighted by molar-refractivity contribution is 9.10. The number of ether oxygens (including phenoxy) is 1. The number of amides is 1. The number of halogens is 2. The van der Waals surface area contributed by atoms with E-state index in [4.69, 9.17) is 4.74 Å². The fourth-order valence-electron chi connectivity index (χ4n) is 4.65. The predicted octanol–water partition coefficient (Wildman–Crippen LogP) is 6.18. The van der Waals surface area contributed by atoms with Crippen LogP contribution in [-0.4, -0.2) is 58.6 Å². The van der Waals surface area contributed by atoms with Crippen molar-refractivity contribution in [2.45, 2.75) is 53.1 Å². The van der Waals surface area contributed by atoms with E-state index in [1.807, 2.05) is 52.5 Å². The lowest BCUT2D eigenvalue weighted by Crippen LogP contribution is -2.49. The zero-order valence-electron chi connectivity index (χ0n) is 22.1. The minimum atomic E-state index is -0.573. The number of carbonyl (C=O) groups is 1. The molecule has 0 unspecified atom stereocenters. The second kappa shape index (κ2) is 10.3. The third-order valence-electron chi connectivity index (χ3n) is 6.37. The van der Waals surface area contributed by atoms with E-state index in [1.54, 1.807) is 23.2 Å². The van der Waals surface area contributed by atoms with Gasteiger partial charge in [-0.1, -0.05) is 13.8 Å². The molecule has 2 aromatic rings. The molecular formula is C28H32BrFN4O3. The Bertz CT molecular complexity index is 1300. The summed E-state index contributed by atoms with van der Waals surface area (Å²) in [6.45, 7) is 13.5. The van der Waals surface area contributed by atoms with Crippen LogP contribution in [0, 0.1) is 12.7 Å². The highest BCUT2D eigenvalue weighted by atomic mass is 79.9. The molecule has 2 aliphatic rings. The Labute approximate surface area is 225 Å². The number of anilines is 2. The Kier molecular flexibility index (Phi) is 7.49. The molecule has 37 heavy (non-hydrogen) atoms. The largest absolute Gasteiger partial charge is 0.444 e. The number of piperazine rings is 1. The first-order valence-corrected chi connectivity index (χ1v) is 13.1. The second-order valence-electron chi connectivity index (χ2n) is 10.6. The summed E-state index contributed by atoms with van der Waals surface area (Å²) in [5.41, 5.74) is 4.35. The molecule has 3 heterocycles. The first kappa shape index (κ1) is 26.9. The number of hydrogen-bond donors (Lipinski definition) is 0. The van der Waals surface area contributed by atoms with E-state index < -0.39 is 11.4 Å². The van der Waals surface area contributed by atoms with Crippen molar-refractivity contribution in [2.24, 2.45) is 0 Å². The standard InChI is InChI=1S/C28H32BrFN4O3/c1-17(2)25-26(18(3)7-8-31-25)34-19(16-35)13-23(20-14-22(30)21(29)15-24(20)34)32-9-11-33(12-10-32)27(36)37-28(4,5)6/h7-8,13-15,17H,9-12H2,1-6H3. The summed E-state index contributed by atoms with van der Waals surface area (Å²) >= 11 is 3.33. The summed E-state index contributed by atoms with van der Waals surface area (Å²) in [5.74, 6) is 1.81. The maximum atomic E-state index is 14.9. The van der Waals surface area contributed by atoms with E-state index in [0.717, 1.165) is 16.9 Å². The van der Waals surface area contributed by atoms with E-state index >= 15 is 0 Å². The number of carbonyl (C=O) groups excluding carboxylic acids is 2. The minimum absolute atomic E-state index is 0.0986. The molecule has 4 rings (SSSR count). The smallest absolute Gasteiger partial charge is 0.410 e. The Balaban J connectivity index is 1.75. The maximum Gasteiger partial charge on any atom is 0.410 e. The molecule has 0 N–H and O–H groups in total. The Morgan fingerprint density at radius 2 is 1.86 bits per heavy atom. The number of hydrogen-bond acceptors (Lipinski definition) is 6. The van der Waals surface area contributed by atoms with Crippen LogP contribution < -0.4 is 4.90 Å². The van der Waals surface area contributed by atoms with Crippen molar-refractivity contribution in [3.8, 4) is 0 Å². The third kappa shape index (κ3) is 5.43. The summed E-state index contributed by atoms with van der Waals surface area (Å²) in [6, 6.07) is 5.08. The van der Waals surface area contributed by atoms with Crippen molar-refractivity contribution in [1.29, 1.82) is 0 Å². The van der Waals surface area contributed by atoms with Crippen LogP contribution in [-0.2, 0) is 9.53 Å². The number of fused-ring (bicyclic) bond motifs is 1. The molecule has 196 valence electrons. The van der Waals surface area contributed by atoms with E-state index in [0.29, 0.717) is 53.3 Å². The summed E-state index contributed by atoms with van der Waals surface area (Å²) in [6.07, 6.45) is 3.16. The molecule has 1 aromatic heterocycles. The first-order chi connectivity index (χ1) is 17.4. The molecule has 0 atom stereocenters. The molecule has 1 aromatic carbocycles. The summed E-state index contributed by atoms with van der Waals surface area (Å²) < 4.78 is 20.7. The summed E-state index contributed by atoms with van der Waals surface area (Å²) in [5, 5.41) is 0. The van der Waals surface area contributed by atoms with Gasteiger partial charge in [0.25, 0.3) is 0 Å². The van der Waals surface area contributed by atoms with Crippen molar-refractivity contribution in [3.63, 3.8) is 0 Å². The lowest BCUT2D eigenvalue weighted by molar-refractivity contribution is 0.0182. The molecule has 2 aliphatic heterocycles. The molecule has 1 amide bonds. The number of aromatic nitrogens is 1. The third-order valence-corrected chi connectivity index (χ3v) is 6.98. The molecule has 7 nitrogen and oxygen atoms in total. The monoisotopic (exact) mass is 570 g/mol. The van der Waals surface area contributed by atoms with Gasteiger partial charge in [0.1, 0.15) is 17.1 Å². The number of rotatable bonds is 3. The zero-order chi connectivity index (χ0) is 27.1. The van der Waals surface area contributed by atoms with Gasteiger partial charge in [-0.2, -0.15) is 0 Å². The summed E-state index contributed by atoms with van der Waals surface area (Å²) in [7, 11) is 0. The van der Waals surface area contributed by atoms with Crippen molar-refractivity contribution in [2.75, 3.05) is 31.1 Å². The van der Waals surface area contributed by atoms with Gasteiger partial charge in [0.05, 0.1) is 21.5 Å². The van der Waals surface area contributed by atoms with Crippen LogP contribution in [0.3, 0.4) is 0 Å². The fraction of sp³-hybridized carbons (Fsp3) is 0.429. The number of pyridine rings is 1. The van der Waals surface area contributed by atoms with E-state index in [2.05, 4.69) is 31.8 Å². The van der Waals surface area contributed by atoms with Gasteiger partial charge in [0.2, 0.25) is 0 Å². The van der Waals surface area contributed by atoms with E-state index in [9.17, 15) is 14.0 Å². The average Bonchev–Trinajstić information content (AvgIpc) is 2.83. The minimum Gasteiger partial charge on any atom is -0.444 e. The number of aryl methyl sites for hydroxylation is 1. The Hall–Kier alpha value is -3.16. The van der Waals surface area contributed by atoms with Gasteiger partial charge in [-0.05, 0) is 79.4 Å². The van der Waals surface area contributed by atoms with Crippen LogP contribution in [0.25, 0.3) is 5.70 Å². The van der Waals surface area contributed by atoms with Gasteiger partial charge >= 0.3 is 6.09 Å². The Morgan fingerprint density at radius 3 is 2.46 bits per heavy atom. The molecule has 9 heteroatoms. The first-order valence-electron chi connectivity index (χ1n) is 12.4. The van der Waals surface area contributed by atoms with Gasteiger partial charge < -0.3 is 14.5 Å². The average molecular weight is 571 g/mol. The number of benzene rings is 1. The molecule has 0 saturated carbocycles. The molecular weight excluding hydrogens is 539 g/mol. The number of nitrogens with zero attached hydrogens (tertiary/aromatic N) is 4. The van der Waals surface area contributed by atoms with Crippen molar-refractivity contribution >= 4 is 45.0 Å². The highest BCUT2D eigenvalue weighted by Crippen LogP contribution is 2.46. The van der Waals surface area contributed by atoms with E-state index in [-0.39, 0.29) is 12.0 Å². The van der Waals surface area contributed by atoms with Crippen LogP contribution in [0.5, 0.6) is 0 Å². The lowest BCUT2D eigenvalue weighted by atomic mass is 9.97. The van der Waals surface area contributed by atoms with E-state index in [1.165, 1.54) is 6.07 Å². The predicted molar refractivity (Wildman–Crippen MR) is 146 cm³/mol. The molecule has 0 aliphatic carbocycles. The van der Waals surface area contributed by atoms with Gasteiger partial charge in [0, 0.05) is 43.6 Å². The maximum absolute atomic E-state index is 14.9. The summed E-state index contributed by atoms with van der Waals surface area (Å²) in [4.78, 5) is 35.1. The van der Waals surface area contributed by atoms with Crippen LogP contribution in [0.2, 0.25) is 0 Å². The van der Waals surface area contributed by atoms with Gasteiger partial charge in [-0.15, -0.1) is 0 Å². The number of allylic oxidation sites excluding steroid dienone is 1. The van der Waals surface area contributed by atoms with Crippen LogP contribution >= 0.6 is 15.9 Å². The molecule has 0 bridgehead atoms. The molecule has 1 saturated heterocycles.